The van der Waals surface area contributed by atoms with Crippen LogP contribution in [0.25, 0.3) is 6.08 Å². The number of benzene rings is 2. The largest absolute Gasteiger partial charge is 0.405 e. The summed E-state index contributed by atoms with van der Waals surface area (Å²) in [5.41, 5.74) is -0.0509. The molecule has 14 heteroatoms. The van der Waals surface area contributed by atoms with E-state index in [4.69, 9.17) is 46.4 Å². The van der Waals surface area contributed by atoms with Gasteiger partial charge in [-0.05, 0) is 42.3 Å². The number of alkyl halides is 6. The van der Waals surface area contributed by atoms with Crippen molar-refractivity contribution in [1.82, 2.24) is 10.6 Å². The number of nitrogens with one attached hydrogen (secondary N) is 2. The van der Waals surface area contributed by atoms with Gasteiger partial charge in [0.2, 0.25) is 5.91 Å². The lowest BCUT2D eigenvalue weighted by Crippen LogP contribution is -2.40. The number of hydrogen-bond acceptors (Lipinski definition) is 2. The van der Waals surface area contributed by atoms with Gasteiger partial charge in [-0.25, -0.2) is 0 Å². The molecule has 37 heavy (non-hydrogen) atoms. The zero-order chi connectivity index (χ0) is 28.1. The minimum Gasteiger partial charge on any atom is -0.349 e. The predicted octanol–water partition coefficient (Wildman–Crippen LogP) is 7.85. The molecule has 0 saturated heterocycles. The van der Waals surface area contributed by atoms with Crippen molar-refractivity contribution in [2.45, 2.75) is 37.7 Å². The molecule has 0 radical (unpaired) electrons. The first-order valence-electron chi connectivity index (χ1n) is 10.3. The van der Waals surface area contributed by atoms with Crippen molar-refractivity contribution in [1.29, 1.82) is 0 Å². The van der Waals surface area contributed by atoms with Crippen molar-refractivity contribution >= 4 is 64.3 Å². The maximum Gasteiger partial charge on any atom is 0.405 e. The second-order valence-corrected chi connectivity index (χ2v) is 9.49. The molecule has 0 aliphatic carbocycles. The smallest absolute Gasteiger partial charge is 0.349 e. The van der Waals surface area contributed by atoms with Crippen LogP contribution in [0.3, 0.4) is 0 Å². The Kier molecular flexibility index (Phi) is 10.6. The quantitative estimate of drug-likeness (QED) is 0.237. The zero-order valence-corrected chi connectivity index (χ0v) is 21.7. The summed E-state index contributed by atoms with van der Waals surface area (Å²) in [6.07, 6.45) is -7.67. The summed E-state index contributed by atoms with van der Waals surface area (Å²) in [6.45, 7) is -0.0940. The molecule has 4 nitrogen and oxygen atoms in total. The lowest BCUT2D eigenvalue weighted by atomic mass is 9.97. The Hall–Kier alpha value is -2.14. The van der Waals surface area contributed by atoms with Crippen LogP contribution in [-0.4, -0.2) is 36.8 Å². The lowest BCUT2D eigenvalue weighted by Gasteiger charge is -2.18. The average Bonchev–Trinajstić information content (AvgIpc) is 2.74. The van der Waals surface area contributed by atoms with Crippen molar-refractivity contribution in [2.75, 3.05) is 6.54 Å². The molecule has 0 aliphatic rings. The first-order valence-corrected chi connectivity index (χ1v) is 11.8. The number of rotatable bonds is 8. The van der Waals surface area contributed by atoms with Crippen LogP contribution < -0.4 is 10.6 Å². The highest BCUT2D eigenvalue weighted by molar-refractivity contribution is 6.48. The van der Waals surface area contributed by atoms with Crippen LogP contribution in [0.1, 0.15) is 40.7 Å². The van der Waals surface area contributed by atoms with Gasteiger partial charge in [0.1, 0.15) is 6.54 Å². The topological polar surface area (TPSA) is 58.2 Å². The minimum atomic E-state index is -4.69. The number of halogens is 10. The molecule has 2 atom stereocenters. The summed E-state index contributed by atoms with van der Waals surface area (Å²) in [6, 6.07) is 5.14. The molecule has 2 amide bonds. The van der Waals surface area contributed by atoms with Crippen LogP contribution in [-0.2, 0) is 4.79 Å². The maximum atomic E-state index is 13.7. The fraction of sp³-hybridized carbons (Fsp3) is 0.304. The second kappa shape index (κ2) is 12.6. The second-order valence-electron chi connectivity index (χ2n) is 7.89. The van der Waals surface area contributed by atoms with E-state index >= 15 is 0 Å². The van der Waals surface area contributed by atoms with Gasteiger partial charge in [0.05, 0.1) is 31.6 Å². The van der Waals surface area contributed by atoms with Crippen molar-refractivity contribution < 1.29 is 35.9 Å². The molecule has 2 aromatic rings. The van der Waals surface area contributed by atoms with Crippen LogP contribution in [0, 0.1) is 0 Å². The maximum absolute atomic E-state index is 13.7. The van der Waals surface area contributed by atoms with Gasteiger partial charge < -0.3 is 10.6 Å². The van der Waals surface area contributed by atoms with Crippen LogP contribution in [0.2, 0.25) is 20.1 Å². The third kappa shape index (κ3) is 9.59. The van der Waals surface area contributed by atoms with E-state index in [1.807, 2.05) is 0 Å². The molecule has 2 aromatic carbocycles. The summed E-state index contributed by atoms with van der Waals surface area (Å²) < 4.78 is 77.7. The van der Waals surface area contributed by atoms with Gasteiger partial charge in [-0.2, -0.15) is 26.3 Å². The molecule has 2 rings (SSSR count). The Bertz CT molecular complexity index is 1160. The van der Waals surface area contributed by atoms with Gasteiger partial charge >= 0.3 is 12.4 Å². The normalized spacial score (nSPS) is 13.9. The molecule has 0 saturated carbocycles. The fourth-order valence-corrected chi connectivity index (χ4v) is 3.98. The van der Waals surface area contributed by atoms with Gasteiger partial charge in [0.25, 0.3) is 5.91 Å². The van der Waals surface area contributed by atoms with Gasteiger partial charge in [0, 0.05) is 12.5 Å². The average molecular weight is 610 g/mol. The standard InChI is InChI=1S/C23H18Cl4F6N2O2/c1-11(6-19(36)34-10-22(28,29)30)35-21(37)14-4-2-12(7-16(14)24)3-5-15(23(31,32)33)13-8-17(25)20(27)18(26)9-13/h2-5,7-9,11,15H,6,10H2,1H3,(H,34,36)(H,35,37)/b5-3+. The summed E-state index contributed by atoms with van der Waals surface area (Å²) in [4.78, 5) is 24.0. The van der Waals surface area contributed by atoms with Crippen molar-refractivity contribution in [3.8, 4) is 0 Å². The van der Waals surface area contributed by atoms with Gasteiger partial charge in [-0.3, -0.25) is 9.59 Å². The first kappa shape index (κ1) is 31.1. The van der Waals surface area contributed by atoms with Crippen molar-refractivity contribution in [3.63, 3.8) is 0 Å². The van der Waals surface area contributed by atoms with E-state index in [2.05, 4.69) is 5.32 Å². The number of amides is 2. The third-order valence-corrected chi connectivity index (χ3v) is 6.30. The van der Waals surface area contributed by atoms with Crippen molar-refractivity contribution in [2.24, 2.45) is 0 Å². The fourth-order valence-electron chi connectivity index (χ4n) is 3.09. The van der Waals surface area contributed by atoms with Gasteiger partial charge in [-0.1, -0.05) is 64.6 Å². The number of carbonyl (C=O) groups is 2. The number of carbonyl (C=O) groups excluding carboxylic acids is 2. The molecule has 0 bridgehead atoms. The van der Waals surface area contributed by atoms with Crippen LogP contribution >= 0.6 is 46.4 Å². The molecule has 202 valence electrons. The molecule has 0 aliphatic heterocycles. The van der Waals surface area contributed by atoms with Gasteiger partial charge in [0.15, 0.2) is 0 Å². The van der Waals surface area contributed by atoms with E-state index < -0.39 is 49.1 Å². The molecule has 0 fully saturated rings. The van der Waals surface area contributed by atoms with Crippen LogP contribution in [0.15, 0.2) is 36.4 Å². The van der Waals surface area contributed by atoms with Crippen LogP contribution in [0.5, 0.6) is 0 Å². The molecule has 0 aromatic heterocycles. The Labute approximate surface area is 227 Å². The SMILES string of the molecule is CC(CC(=O)NCC(F)(F)F)NC(=O)c1ccc(/C=C/C(c2cc(Cl)c(Cl)c(Cl)c2)C(F)(F)F)cc1Cl. The molecule has 2 unspecified atom stereocenters. The summed E-state index contributed by atoms with van der Waals surface area (Å²) >= 11 is 23.7. The van der Waals surface area contributed by atoms with E-state index in [0.717, 1.165) is 24.3 Å². The molecular formula is C23H18Cl4F6N2O2. The Morgan fingerprint density at radius 1 is 0.946 bits per heavy atom. The molecular weight excluding hydrogens is 592 g/mol. The summed E-state index contributed by atoms with van der Waals surface area (Å²) in [5.74, 6) is -3.72. The van der Waals surface area contributed by atoms with Crippen molar-refractivity contribution in [3.05, 3.63) is 73.2 Å². The summed E-state index contributed by atoms with van der Waals surface area (Å²) in [7, 11) is 0. The Balaban J connectivity index is 2.13. The predicted molar refractivity (Wildman–Crippen MR) is 131 cm³/mol. The number of hydrogen-bond donors (Lipinski definition) is 2. The third-order valence-electron chi connectivity index (χ3n) is 4.79. The van der Waals surface area contributed by atoms with E-state index in [9.17, 15) is 35.9 Å². The highest BCUT2D eigenvalue weighted by atomic mass is 35.5. The van der Waals surface area contributed by atoms with Gasteiger partial charge in [-0.15, -0.1) is 0 Å². The lowest BCUT2D eigenvalue weighted by molar-refractivity contribution is -0.139. The van der Waals surface area contributed by atoms with Crippen LogP contribution in [0.4, 0.5) is 26.3 Å². The Morgan fingerprint density at radius 2 is 1.54 bits per heavy atom. The highest BCUT2D eigenvalue weighted by Gasteiger charge is 2.39. The summed E-state index contributed by atoms with van der Waals surface area (Å²) in [5, 5.41) is 3.65. The monoisotopic (exact) mass is 608 g/mol. The molecule has 2 N–H and O–H groups in total. The number of allylic oxidation sites excluding steroid dienone is 1. The molecule has 0 spiro atoms. The van der Waals surface area contributed by atoms with E-state index in [1.165, 1.54) is 25.1 Å². The van der Waals surface area contributed by atoms with E-state index in [-0.39, 0.29) is 36.8 Å². The van der Waals surface area contributed by atoms with E-state index in [1.54, 1.807) is 5.32 Å². The minimum absolute atomic E-state index is 0.0509. The first-order chi connectivity index (χ1) is 17.0. The molecule has 0 heterocycles. The zero-order valence-electron chi connectivity index (χ0n) is 18.7. The Morgan fingerprint density at radius 3 is 2.05 bits per heavy atom. The van der Waals surface area contributed by atoms with E-state index in [0.29, 0.717) is 0 Å². The highest BCUT2D eigenvalue weighted by Crippen LogP contribution is 2.41.